The van der Waals surface area contributed by atoms with E-state index in [2.05, 4.69) is 19.1 Å². The molecule has 0 aliphatic heterocycles. The van der Waals surface area contributed by atoms with E-state index in [1.807, 2.05) is 80.6 Å². The number of nitrogens with zero attached hydrogens (tertiary/aromatic N) is 1. The van der Waals surface area contributed by atoms with E-state index < -0.39 is 0 Å². The van der Waals surface area contributed by atoms with E-state index in [0.717, 1.165) is 44.6 Å². The van der Waals surface area contributed by atoms with Gasteiger partial charge in [-0.25, -0.2) is 0 Å². The third kappa shape index (κ3) is 4.41. The maximum atomic E-state index is 13.4. The van der Waals surface area contributed by atoms with Crippen LogP contribution in [0.1, 0.15) is 34.1 Å². The van der Waals surface area contributed by atoms with Crippen LogP contribution in [0.5, 0.6) is 5.75 Å². The van der Waals surface area contributed by atoms with E-state index in [1.165, 1.54) is 0 Å². The number of rotatable bonds is 6. The lowest BCUT2D eigenvalue weighted by Crippen LogP contribution is -2.05. The van der Waals surface area contributed by atoms with Gasteiger partial charge in [-0.2, -0.15) is 0 Å². The minimum atomic E-state index is -0.0545. The molecule has 3 nitrogen and oxygen atoms in total. The Bertz CT molecular complexity index is 1260. The van der Waals surface area contributed by atoms with Gasteiger partial charge in [-0.05, 0) is 62.2 Å². The maximum absolute atomic E-state index is 13.4. The third-order valence-electron chi connectivity index (χ3n) is 5.25. The van der Waals surface area contributed by atoms with Crippen LogP contribution < -0.4 is 4.74 Å². The van der Waals surface area contributed by atoms with Crippen LogP contribution in [0.25, 0.3) is 28.1 Å². The standard InChI is InChI=1S/C28H25NO2/c1-4-31-23-14-11-21(12-15-23)13-17-26(30)27-20(3)29-25-16-10-19(2)18-24(25)28(27)22-8-6-5-7-9-22/h5-18H,4H2,1-3H3/b17-13-. The molecule has 4 rings (SSSR count). The van der Waals surface area contributed by atoms with Crippen molar-refractivity contribution in [1.29, 1.82) is 0 Å². The molecule has 154 valence electrons. The minimum absolute atomic E-state index is 0.0545. The summed E-state index contributed by atoms with van der Waals surface area (Å²) in [5.74, 6) is 0.767. The molecule has 0 bridgehead atoms. The number of carbonyl (C=O) groups excluding carboxylic acids is 1. The molecule has 0 amide bonds. The van der Waals surface area contributed by atoms with Gasteiger partial charge < -0.3 is 4.74 Å². The van der Waals surface area contributed by atoms with Gasteiger partial charge in [-0.1, -0.05) is 60.2 Å². The number of allylic oxidation sites excluding steroid dienone is 1. The third-order valence-corrected chi connectivity index (χ3v) is 5.25. The van der Waals surface area contributed by atoms with Crippen molar-refractivity contribution in [3.63, 3.8) is 0 Å². The summed E-state index contributed by atoms with van der Waals surface area (Å²) in [5.41, 5.74) is 6.31. The highest BCUT2D eigenvalue weighted by atomic mass is 16.5. The van der Waals surface area contributed by atoms with Crippen LogP contribution >= 0.6 is 0 Å². The number of pyridine rings is 1. The molecule has 1 heterocycles. The molecule has 0 aliphatic carbocycles. The van der Waals surface area contributed by atoms with Gasteiger partial charge in [0, 0.05) is 16.6 Å². The van der Waals surface area contributed by atoms with Gasteiger partial charge in [0.1, 0.15) is 5.75 Å². The lowest BCUT2D eigenvalue weighted by Gasteiger charge is -2.14. The molecule has 0 fully saturated rings. The highest BCUT2D eigenvalue weighted by Gasteiger charge is 2.19. The summed E-state index contributed by atoms with van der Waals surface area (Å²) in [6, 6.07) is 24.0. The number of hydrogen-bond acceptors (Lipinski definition) is 3. The number of ketones is 1. The monoisotopic (exact) mass is 407 g/mol. The van der Waals surface area contributed by atoms with Gasteiger partial charge in [-0.15, -0.1) is 0 Å². The molecule has 0 radical (unpaired) electrons. The van der Waals surface area contributed by atoms with Crippen molar-refractivity contribution in [2.75, 3.05) is 6.61 Å². The number of aryl methyl sites for hydroxylation is 2. The van der Waals surface area contributed by atoms with E-state index in [-0.39, 0.29) is 5.78 Å². The number of aromatic nitrogens is 1. The molecule has 0 spiro atoms. The van der Waals surface area contributed by atoms with Crippen molar-refractivity contribution in [3.05, 3.63) is 101 Å². The highest BCUT2D eigenvalue weighted by Crippen LogP contribution is 2.34. The van der Waals surface area contributed by atoms with E-state index in [1.54, 1.807) is 6.08 Å². The van der Waals surface area contributed by atoms with Gasteiger partial charge in [0.05, 0.1) is 17.7 Å². The van der Waals surface area contributed by atoms with Crippen LogP contribution in [0.15, 0.2) is 78.9 Å². The molecule has 4 aromatic rings. The van der Waals surface area contributed by atoms with Gasteiger partial charge in [-0.3, -0.25) is 9.78 Å². The smallest absolute Gasteiger partial charge is 0.188 e. The van der Waals surface area contributed by atoms with E-state index in [0.29, 0.717) is 12.2 Å². The van der Waals surface area contributed by atoms with E-state index in [9.17, 15) is 4.79 Å². The highest BCUT2D eigenvalue weighted by molar-refractivity contribution is 6.16. The first-order valence-electron chi connectivity index (χ1n) is 10.5. The molecular weight excluding hydrogens is 382 g/mol. The number of hydrogen-bond donors (Lipinski definition) is 0. The average Bonchev–Trinajstić information content (AvgIpc) is 2.78. The molecule has 0 unspecified atom stereocenters. The van der Waals surface area contributed by atoms with E-state index in [4.69, 9.17) is 9.72 Å². The largest absolute Gasteiger partial charge is 0.494 e. The lowest BCUT2D eigenvalue weighted by atomic mass is 9.91. The molecule has 0 N–H and O–H groups in total. The van der Waals surface area contributed by atoms with Crippen molar-refractivity contribution in [3.8, 4) is 16.9 Å². The first-order valence-corrected chi connectivity index (χ1v) is 10.5. The quantitative estimate of drug-likeness (QED) is 0.260. The Labute approximate surface area is 183 Å². The molecule has 3 aromatic carbocycles. The normalized spacial score (nSPS) is 11.2. The topological polar surface area (TPSA) is 39.2 Å². The first-order chi connectivity index (χ1) is 15.1. The Hall–Kier alpha value is -3.72. The zero-order valence-electron chi connectivity index (χ0n) is 18.1. The number of fused-ring (bicyclic) bond motifs is 1. The van der Waals surface area contributed by atoms with Gasteiger partial charge in [0.25, 0.3) is 0 Å². The molecular formula is C28H25NO2. The van der Waals surface area contributed by atoms with Crippen molar-refractivity contribution in [2.24, 2.45) is 0 Å². The summed E-state index contributed by atoms with van der Waals surface area (Å²) in [6.45, 7) is 6.55. The summed E-state index contributed by atoms with van der Waals surface area (Å²) in [7, 11) is 0. The minimum Gasteiger partial charge on any atom is -0.494 e. The van der Waals surface area contributed by atoms with Crippen molar-refractivity contribution >= 4 is 22.8 Å². The lowest BCUT2D eigenvalue weighted by molar-refractivity contribution is 0.104. The Kier molecular flexibility index (Phi) is 5.94. The Morgan fingerprint density at radius 1 is 0.968 bits per heavy atom. The van der Waals surface area contributed by atoms with Crippen LogP contribution in [-0.2, 0) is 0 Å². The zero-order valence-corrected chi connectivity index (χ0v) is 18.1. The number of benzene rings is 3. The van der Waals surface area contributed by atoms with Crippen LogP contribution in [0, 0.1) is 13.8 Å². The molecule has 0 aliphatic rings. The molecule has 0 saturated heterocycles. The predicted octanol–water partition coefficient (Wildman–Crippen LogP) is 6.81. The van der Waals surface area contributed by atoms with Crippen LogP contribution in [0.2, 0.25) is 0 Å². The molecule has 0 saturated carbocycles. The second-order valence-corrected chi connectivity index (χ2v) is 7.53. The number of carbonyl (C=O) groups is 1. The fraction of sp³-hybridized carbons (Fsp3) is 0.143. The summed E-state index contributed by atoms with van der Waals surface area (Å²) in [4.78, 5) is 18.1. The summed E-state index contributed by atoms with van der Waals surface area (Å²) in [5, 5.41) is 0.995. The fourth-order valence-corrected chi connectivity index (χ4v) is 3.80. The van der Waals surface area contributed by atoms with Gasteiger partial charge in [0.2, 0.25) is 0 Å². The van der Waals surface area contributed by atoms with Crippen molar-refractivity contribution in [1.82, 2.24) is 4.98 Å². The molecule has 3 heteroatoms. The maximum Gasteiger partial charge on any atom is 0.188 e. The zero-order chi connectivity index (χ0) is 21.8. The molecule has 0 atom stereocenters. The van der Waals surface area contributed by atoms with Crippen molar-refractivity contribution < 1.29 is 9.53 Å². The molecule has 1 aromatic heterocycles. The SMILES string of the molecule is CCOc1ccc(/C=C\C(=O)c2c(C)nc3ccc(C)cc3c2-c2ccccc2)cc1. The number of ether oxygens (including phenoxy) is 1. The van der Waals surface area contributed by atoms with Crippen LogP contribution in [0.3, 0.4) is 0 Å². The molecule has 31 heavy (non-hydrogen) atoms. The average molecular weight is 408 g/mol. The Morgan fingerprint density at radius 3 is 2.42 bits per heavy atom. The first kappa shape index (κ1) is 20.5. The summed E-state index contributed by atoms with van der Waals surface area (Å²) < 4.78 is 5.49. The summed E-state index contributed by atoms with van der Waals surface area (Å²) in [6.07, 6.45) is 3.47. The van der Waals surface area contributed by atoms with Gasteiger partial charge in [0.15, 0.2) is 5.78 Å². The predicted molar refractivity (Wildman–Crippen MR) is 128 cm³/mol. The van der Waals surface area contributed by atoms with Gasteiger partial charge >= 0.3 is 0 Å². The summed E-state index contributed by atoms with van der Waals surface area (Å²) >= 11 is 0. The Balaban J connectivity index is 1.80. The Morgan fingerprint density at radius 2 is 1.71 bits per heavy atom. The second-order valence-electron chi connectivity index (χ2n) is 7.53. The second kappa shape index (κ2) is 8.97. The van der Waals surface area contributed by atoms with E-state index >= 15 is 0 Å². The van der Waals surface area contributed by atoms with Crippen LogP contribution in [-0.4, -0.2) is 17.4 Å². The fourth-order valence-electron chi connectivity index (χ4n) is 3.80. The van der Waals surface area contributed by atoms with Crippen molar-refractivity contribution in [2.45, 2.75) is 20.8 Å². The van der Waals surface area contributed by atoms with Crippen LogP contribution in [0.4, 0.5) is 0 Å².